The lowest BCUT2D eigenvalue weighted by atomic mass is 9.95. The molecule has 0 atom stereocenters. The monoisotopic (exact) mass is 449 g/mol. The number of hydrogen-bond donors (Lipinski definition) is 1. The third-order valence-electron chi connectivity index (χ3n) is 5.81. The Morgan fingerprint density at radius 3 is 2.56 bits per heavy atom. The highest BCUT2D eigenvalue weighted by Gasteiger charge is 2.27. The molecule has 0 radical (unpaired) electrons. The van der Waals surface area contributed by atoms with Crippen LogP contribution in [0, 0.1) is 5.92 Å². The molecule has 6 nitrogen and oxygen atoms in total. The van der Waals surface area contributed by atoms with Crippen molar-refractivity contribution in [1.29, 1.82) is 0 Å². The van der Waals surface area contributed by atoms with Crippen LogP contribution in [0.3, 0.4) is 0 Å². The minimum atomic E-state index is -0.105. The van der Waals surface area contributed by atoms with Crippen LogP contribution in [0.4, 0.5) is 5.13 Å². The molecule has 2 heterocycles. The van der Waals surface area contributed by atoms with Crippen LogP contribution in [0.1, 0.15) is 24.8 Å². The maximum atomic E-state index is 12.8. The molecule has 0 unspecified atom stereocenters. The zero-order chi connectivity index (χ0) is 22.3. The topological polar surface area (TPSA) is 71.5 Å². The molecule has 166 valence electrons. The summed E-state index contributed by atoms with van der Waals surface area (Å²) in [4.78, 5) is 31.7. The van der Waals surface area contributed by atoms with Gasteiger partial charge in [-0.2, -0.15) is 0 Å². The second-order valence-corrected chi connectivity index (χ2v) is 8.73. The molecule has 4 rings (SSSR count). The number of nitrogens with zero attached hydrogens (tertiary/aromatic N) is 2. The van der Waals surface area contributed by atoms with E-state index in [4.69, 9.17) is 4.74 Å². The van der Waals surface area contributed by atoms with Crippen molar-refractivity contribution < 1.29 is 14.3 Å². The van der Waals surface area contributed by atoms with Gasteiger partial charge in [0.25, 0.3) is 0 Å². The predicted octanol–water partition coefficient (Wildman–Crippen LogP) is 4.63. The van der Waals surface area contributed by atoms with Crippen molar-refractivity contribution in [1.82, 2.24) is 9.88 Å². The molecule has 3 aromatic rings. The van der Waals surface area contributed by atoms with Gasteiger partial charge >= 0.3 is 0 Å². The van der Waals surface area contributed by atoms with Crippen LogP contribution in [0.25, 0.3) is 11.3 Å². The Morgan fingerprint density at radius 2 is 1.81 bits per heavy atom. The summed E-state index contributed by atoms with van der Waals surface area (Å²) < 4.78 is 5.40. The van der Waals surface area contributed by atoms with Gasteiger partial charge in [0.05, 0.1) is 12.8 Å². The number of hydrogen-bond acceptors (Lipinski definition) is 5. The highest BCUT2D eigenvalue weighted by atomic mass is 32.1. The number of aromatic nitrogens is 1. The molecule has 2 aromatic carbocycles. The minimum absolute atomic E-state index is 0.0256. The van der Waals surface area contributed by atoms with E-state index in [0.29, 0.717) is 37.5 Å². The van der Waals surface area contributed by atoms with E-state index < -0.39 is 0 Å². The summed E-state index contributed by atoms with van der Waals surface area (Å²) in [5, 5.41) is 5.45. The van der Waals surface area contributed by atoms with Gasteiger partial charge in [-0.15, -0.1) is 11.3 Å². The number of piperidine rings is 1. The van der Waals surface area contributed by atoms with Gasteiger partial charge in [-0.3, -0.25) is 9.59 Å². The average molecular weight is 450 g/mol. The molecular weight excluding hydrogens is 422 g/mol. The Bertz CT molecular complexity index is 1060. The zero-order valence-corrected chi connectivity index (χ0v) is 18.9. The number of likely N-dealkylation sites (tertiary alicyclic amines) is 1. The highest BCUT2D eigenvalue weighted by molar-refractivity contribution is 7.14. The molecule has 7 heteroatoms. The predicted molar refractivity (Wildman–Crippen MR) is 127 cm³/mol. The van der Waals surface area contributed by atoms with Gasteiger partial charge in [0.15, 0.2) is 5.13 Å². The van der Waals surface area contributed by atoms with Crippen molar-refractivity contribution in [2.75, 3.05) is 25.5 Å². The zero-order valence-electron chi connectivity index (χ0n) is 18.1. The highest BCUT2D eigenvalue weighted by Crippen LogP contribution is 2.32. The quantitative estimate of drug-likeness (QED) is 0.571. The Morgan fingerprint density at radius 1 is 1.09 bits per heavy atom. The smallest absolute Gasteiger partial charge is 0.229 e. The number of anilines is 1. The number of benzene rings is 2. The standard InChI is InChI=1S/C25H27N3O3S/c1-31-22-10-6-5-9-20(22)21-17-32-25(26-21)27-24(30)19-13-15-28(16-14-19)23(29)12-11-18-7-3-2-4-8-18/h2-10,17,19H,11-16H2,1H3,(H,26,27,30). The normalized spacial score (nSPS) is 14.2. The lowest BCUT2D eigenvalue weighted by Crippen LogP contribution is -2.41. The molecule has 2 amide bonds. The lowest BCUT2D eigenvalue weighted by molar-refractivity contribution is -0.134. The van der Waals surface area contributed by atoms with E-state index in [0.717, 1.165) is 23.4 Å². The molecule has 1 saturated heterocycles. The van der Waals surface area contributed by atoms with Crippen LogP contribution in [-0.2, 0) is 16.0 Å². The summed E-state index contributed by atoms with van der Waals surface area (Å²) in [5.41, 5.74) is 2.85. The number of carbonyl (C=O) groups excluding carboxylic acids is 2. The van der Waals surface area contributed by atoms with Crippen molar-refractivity contribution in [2.24, 2.45) is 5.92 Å². The summed E-state index contributed by atoms with van der Waals surface area (Å²) in [6, 6.07) is 17.7. The SMILES string of the molecule is COc1ccccc1-c1csc(NC(=O)C2CCN(C(=O)CCc3ccccc3)CC2)n1. The van der Waals surface area contributed by atoms with Crippen LogP contribution in [-0.4, -0.2) is 41.9 Å². The van der Waals surface area contributed by atoms with Gasteiger partial charge in [-0.1, -0.05) is 42.5 Å². The van der Waals surface area contributed by atoms with Crippen LogP contribution < -0.4 is 10.1 Å². The molecule has 0 spiro atoms. The van der Waals surface area contributed by atoms with E-state index in [-0.39, 0.29) is 17.7 Å². The van der Waals surface area contributed by atoms with Crippen molar-refractivity contribution in [3.8, 4) is 17.0 Å². The average Bonchev–Trinajstić information content (AvgIpc) is 3.31. The fraction of sp³-hybridized carbons (Fsp3) is 0.320. The second-order valence-electron chi connectivity index (χ2n) is 7.87. The summed E-state index contributed by atoms with van der Waals surface area (Å²) in [6.45, 7) is 1.24. The van der Waals surface area contributed by atoms with Gasteiger partial charge in [0.2, 0.25) is 11.8 Å². The molecule has 0 aliphatic carbocycles. The van der Waals surface area contributed by atoms with Gasteiger partial charge < -0.3 is 15.0 Å². The van der Waals surface area contributed by atoms with Crippen molar-refractivity contribution in [3.05, 3.63) is 65.5 Å². The number of amides is 2. The van der Waals surface area contributed by atoms with Crippen molar-refractivity contribution in [2.45, 2.75) is 25.7 Å². The first kappa shape index (κ1) is 22.0. The van der Waals surface area contributed by atoms with E-state index in [1.807, 2.05) is 64.9 Å². The number of carbonyl (C=O) groups is 2. The number of aryl methyl sites for hydroxylation is 1. The molecule has 1 aromatic heterocycles. The van der Waals surface area contributed by atoms with Gasteiger partial charge in [0, 0.05) is 36.4 Å². The van der Waals surface area contributed by atoms with Crippen LogP contribution >= 0.6 is 11.3 Å². The molecule has 1 fully saturated rings. The number of nitrogens with one attached hydrogen (secondary N) is 1. The summed E-state index contributed by atoms with van der Waals surface area (Å²) >= 11 is 1.40. The van der Waals surface area contributed by atoms with Gasteiger partial charge in [0.1, 0.15) is 5.75 Å². The molecule has 1 aliphatic heterocycles. The first-order valence-electron chi connectivity index (χ1n) is 10.9. The first-order valence-corrected chi connectivity index (χ1v) is 11.7. The molecule has 32 heavy (non-hydrogen) atoms. The van der Waals surface area contributed by atoms with E-state index in [1.165, 1.54) is 16.9 Å². The van der Waals surface area contributed by atoms with E-state index in [2.05, 4.69) is 10.3 Å². The van der Waals surface area contributed by atoms with E-state index in [1.54, 1.807) is 7.11 Å². The molecular formula is C25H27N3O3S. The fourth-order valence-corrected chi connectivity index (χ4v) is 4.68. The largest absolute Gasteiger partial charge is 0.496 e. The number of methoxy groups -OCH3 is 1. The summed E-state index contributed by atoms with van der Waals surface area (Å²) in [6.07, 6.45) is 2.60. The molecule has 0 saturated carbocycles. The maximum Gasteiger partial charge on any atom is 0.229 e. The van der Waals surface area contributed by atoms with Gasteiger partial charge in [-0.25, -0.2) is 4.98 Å². The first-order chi connectivity index (χ1) is 15.6. The molecule has 1 N–H and O–H groups in total. The Labute approximate surface area is 192 Å². The van der Waals surface area contributed by atoms with Crippen LogP contribution in [0.2, 0.25) is 0 Å². The summed E-state index contributed by atoms with van der Waals surface area (Å²) in [5.74, 6) is 0.781. The fourth-order valence-electron chi connectivity index (χ4n) is 3.96. The maximum absolute atomic E-state index is 12.8. The lowest BCUT2D eigenvalue weighted by Gasteiger charge is -2.31. The molecule has 1 aliphatic rings. The van der Waals surface area contributed by atoms with Crippen molar-refractivity contribution in [3.63, 3.8) is 0 Å². The van der Waals surface area contributed by atoms with Crippen LogP contribution in [0.15, 0.2) is 60.0 Å². The molecule has 0 bridgehead atoms. The Kier molecular flexibility index (Phi) is 7.17. The Balaban J connectivity index is 1.27. The van der Waals surface area contributed by atoms with Crippen LogP contribution in [0.5, 0.6) is 5.75 Å². The number of thiazole rings is 1. The third kappa shape index (κ3) is 5.34. The third-order valence-corrected chi connectivity index (χ3v) is 6.56. The van der Waals surface area contributed by atoms with Gasteiger partial charge in [-0.05, 0) is 37.0 Å². The second kappa shape index (κ2) is 10.4. The number of rotatable bonds is 7. The summed E-state index contributed by atoms with van der Waals surface area (Å²) in [7, 11) is 1.63. The van der Waals surface area contributed by atoms with E-state index >= 15 is 0 Å². The minimum Gasteiger partial charge on any atom is -0.496 e. The number of ether oxygens (including phenoxy) is 1. The van der Waals surface area contributed by atoms with Crippen molar-refractivity contribution >= 4 is 28.3 Å². The Hall–Kier alpha value is -3.19. The van der Waals surface area contributed by atoms with E-state index in [9.17, 15) is 9.59 Å². The number of para-hydroxylation sites is 1.